The van der Waals surface area contributed by atoms with Crippen LogP contribution < -0.4 is 0 Å². The minimum atomic E-state index is 0.208. The zero-order valence-electron chi connectivity index (χ0n) is 8.54. The van der Waals surface area contributed by atoms with Gasteiger partial charge < -0.3 is 0 Å². The van der Waals surface area contributed by atoms with Crippen molar-refractivity contribution in [2.24, 2.45) is 0 Å². The van der Waals surface area contributed by atoms with Gasteiger partial charge in [-0.05, 0) is 37.7 Å². The summed E-state index contributed by atoms with van der Waals surface area (Å²) in [6.07, 6.45) is 13.6. The van der Waals surface area contributed by atoms with Crippen molar-refractivity contribution >= 4 is 7.92 Å². The van der Waals surface area contributed by atoms with Gasteiger partial charge >= 0.3 is 0 Å². The Morgan fingerprint density at radius 3 is 1.23 bits per heavy atom. The van der Waals surface area contributed by atoms with Crippen molar-refractivity contribution in [1.29, 1.82) is 0 Å². The Hall–Kier alpha value is -0.350. The minimum Gasteiger partial charge on any atom is -0.106 e. The molecule has 0 saturated carbocycles. The zero-order chi connectivity index (χ0) is 9.94. The molecule has 0 aliphatic rings. The van der Waals surface area contributed by atoms with E-state index in [4.69, 9.17) is 0 Å². The number of hydrogen-bond acceptors (Lipinski definition) is 0. The fraction of sp³-hybridized carbons (Fsp3) is 0.500. The van der Waals surface area contributed by atoms with Gasteiger partial charge in [-0.15, -0.1) is 27.7 Å². The van der Waals surface area contributed by atoms with Gasteiger partial charge in [0.1, 0.15) is 0 Å². The average Bonchev–Trinajstić information content (AvgIpc) is 2.17. The Morgan fingerprint density at radius 2 is 1.00 bits per heavy atom. The molecule has 0 nitrogen and oxygen atoms in total. The highest BCUT2D eigenvalue weighted by molar-refractivity contribution is 7.57. The maximum atomic E-state index is 3.76. The Kier molecular flexibility index (Phi) is 9.47. The summed E-state index contributed by atoms with van der Waals surface area (Å²) in [5, 5.41) is 0. The molecule has 0 saturated heterocycles. The van der Waals surface area contributed by atoms with Gasteiger partial charge in [-0.3, -0.25) is 0 Å². The molecule has 0 aromatic rings. The van der Waals surface area contributed by atoms with Crippen LogP contribution >= 0.6 is 7.92 Å². The van der Waals surface area contributed by atoms with Crippen LogP contribution in [0.2, 0.25) is 0 Å². The van der Waals surface area contributed by atoms with Gasteiger partial charge in [0.25, 0.3) is 0 Å². The lowest BCUT2D eigenvalue weighted by Gasteiger charge is -2.14. The highest BCUT2D eigenvalue weighted by atomic mass is 31.1. The lowest BCUT2D eigenvalue weighted by Crippen LogP contribution is -1.93. The van der Waals surface area contributed by atoms with Crippen LogP contribution in [0, 0.1) is 0 Å². The van der Waals surface area contributed by atoms with Crippen molar-refractivity contribution in [3.05, 3.63) is 38.0 Å². The van der Waals surface area contributed by atoms with Gasteiger partial charge in [0.15, 0.2) is 0 Å². The summed E-state index contributed by atoms with van der Waals surface area (Å²) in [5.74, 6) is 0. The molecule has 0 fully saturated rings. The van der Waals surface area contributed by atoms with Crippen LogP contribution in [-0.2, 0) is 0 Å². The predicted molar refractivity (Wildman–Crippen MR) is 66.0 cm³/mol. The van der Waals surface area contributed by atoms with E-state index >= 15 is 0 Å². The second-order valence-electron chi connectivity index (χ2n) is 3.07. The van der Waals surface area contributed by atoms with Crippen LogP contribution in [0.15, 0.2) is 38.0 Å². The second-order valence-corrected chi connectivity index (χ2v) is 5.76. The fourth-order valence-electron chi connectivity index (χ4n) is 1.16. The molecule has 0 amide bonds. The third kappa shape index (κ3) is 7.99. The van der Waals surface area contributed by atoms with E-state index in [2.05, 4.69) is 19.7 Å². The highest BCUT2D eigenvalue weighted by Crippen LogP contribution is 2.37. The van der Waals surface area contributed by atoms with Gasteiger partial charge in [-0.2, -0.15) is 0 Å². The summed E-state index contributed by atoms with van der Waals surface area (Å²) >= 11 is 0. The first-order chi connectivity index (χ1) is 6.35. The average molecular weight is 196 g/mol. The third-order valence-corrected chi connectivity index (χ3v) is 4.62. The zero-order valence-corrected chi connectivity index (χ0v) is 9.44. The van der Waals surface area contributed by atoms with Crippen LogP contribution in [-0.4, -0.2) is 18.5 Å². The maximum absolute atomic E-state index is 3.76. The molecule has 0 unspecified atom stereocenters. The number of allylic oxidation sites excluding steroid dienone is 3. The van der Waals surface area contributed by atoms with Crippen LogP contribution in [0.4, 0.5) is 0 Å². The van der Waals surface area contributed by atoms with Crippen molar-refractivity contribution in [2.45, 2.75) is 19.3 Å². The predicted octanol–water partition coefficient (Wildman–Crippen LogP) is 4.20. The molecular formula is C12H21P. The topological polar surface area (TPSA) is 0 Å². The molecule has 1 heteroatoms. The largest absolute Gasteiger partial charge is 0.106 e. The van der Waals surface area contributed by atoms with E-state index in [1.54, 1.807) is 0 Å². The Bertz CT molecular complexity index is 121. The van der Waals surface area contributed by atoms with E-state index in [0.717, 1.165) is 0 Å². The molecule has 0 bridgehead atoms. The van der Waals surface area contributed by atoms with E-state index in [0.29, 0.717) is 0 Å². The van der Waals surface area contributed by atoms with E-state index in [1.807, 2.05) is 18.2 Å². The van der Waals surface area contributed by atoms with Crippen molar-refractivity contribution in [3.8, 4) is 0 Å². The van der Waals surface area contributed by atoms with Crippen LogP contribution in [0.1, 0.15) is 19.3 Å². The van der Waals surface area contributed by atoms with Gasteiger partial charge in [-0.25, -0.2) is 0 Å². The monoisotopic (exact) mass is 196 g/mol. The second kappa shape index (κ2) is 9.74. The summed E-state index contributed by atoms with van der Waals surface area (Å²) in [5.41, 5.74) is 0. The highest BCUT2D eigenvalue weighted by Gasteiger charge is 2.04. The normalized spacial score (nSPS) is 9.92. The van der Waals surface area contributed by atoms with Crippen LogP contribution in [0.3, 0.4) is 0 Å². The first-order valence-corrected chi connectivity index (χ1v) is 6.80. The first-order valence-electron chi connectivity index (χ1n) is 4.90. The summed E-state index contributed by atoms with van der Waals surface area (Å²) in [7, 11) is 0.208. The number of rotatable bonds is 9. The SMILES string of the molecule is C=CCCP(CCC=C)CCC=C. The van der Waals surface area contributed by atoms with E-state index in [1.165, 1.54) is 37.7 Å². The molecule has 0 heterocycles. The third-order valence-electron chi connectivity index (χ3n) is 1.95. The Labute approximate surface area is 84.2 Å². The van der Waals surface area contributed by atoms with Gasteiger partial charge in [-0.1, -0.05) is 18.2 Å². The van der Waals surface area contributed by atoms with E-state index < -0.39 is 0 Å². The molecule has 0 radical (unpaired) electrons. The summed E-state index contributed by atoms with van der Waals surface area (Å²) in [4.78, 5) is 0. The first kappa shape index (κ1) is 12.7. The molecule has 0 aromatic heterocycles. The standard InChI is InChI=1S/C12H21P/c1-4-7-10-13(11-8-5-2)12-9-6-3/h4-6H,1-3,7-12H2. The maximum Gasteiger partial charge on any atom is -0.0291 e. The Balaban J connectivity index is 3.64. The van der Waals surface area contributed by atoms with Crippen molar-refractivity contribution in [3.63, 3.8) is 0 Å². The Morgan fingerprint density at radius 1 is 0.692 bits per heavy atom. The van der Waals surface area contributed by atoms with Crippen LogP contribution in [0.5, 0.6) is 0 Å². The lowest BCUT2D eigenvalue weighted by molar-refractivity contribution is 1.13. The molecule has 74 valence electrons. The molecule has 0 atom stereocenters. The molecule has 13 heavy (non-hydrogen) atoms. The van der Waals surface area contributed by atoms with Gasteiger partial charge in [0.05, 0.1) is 0 Å². The minimum absolute atomic E-state index is 0.208. The molecular weight excluding hydrogens is 175 g/mol. The molecule has 0 aromatic carbocycles. The molecule has 0 rings (SSSR count). The summed E-state index contributed by atoms with van der Waals surface area (Å²) in [6.45, 7) is 11.3. The molecule has 0 aliphatic heterocycles. The van der Waals surface area contributed by atoms with Crippen molar-refractivity contribution in [2.75, 3.05) is 18.5 Å². The molecule has 0 spiro atoms. The van der Waals surface area contributed by atoms with Gasteiger partial charge in [0.2, 0.25) is 0 Å². The van der Waals surface area contributed by atoms with E-state index in [9.17, 15) is 0 Å². The molecule has 0 aliphatic carbocycles. The quantitative estimate of drug-likeness (QED) is 0.383. The van der Waals surface area contributed by atoms with Crippen LogP contribution in [0.25, 0.3) is 0 Å². The van der Waals surface area contributed by atoms with Crippen molar-refractivity contribution in [1.82, 2.24) is 0 Å². The van der Waals surface area contributed by atoms with Crippen molar-refractivity contribution < 1.29 is 0 Å². The smallest absolute Gasteiger partial charge is 0.0291 e. The van der Waals surface area contributed by atoms with Gasteiger partial charge in [0, 0.05) is 0 Å². The summed E-state index contributed by atoms with van der Waals surface area (Å²) in [6, 6.07) is 0. The fourth-order valence-corrected chi connectivity index (χ4v) is 3.47. The van der Waals surface area contributed by atoms with E-state index in [-0.39, 0.29) is 7.92 Å². The molecule has 0 N–H and O–H groups in total. The summed E-state index contributed by atoms with van der Waals surface area (Å²) < 4.78 is 0. The number of hydrogen-bond donors (Lipinski definition) is 0. The lowest BCUT2D eigenvalue weighted by atomic mass is 10.5.